The van der Waals surface area contributed by atoms with Gasteiger partial charge in [-0.05, 0) is 36.6 Å². The predicted octanol–water partition coefficient (Wildman–Crippen LogP) is 3.24. The second-order valence-corrected chi connectivity index (χ2v) is 4.98. The molecule has 0 aliphatic carbocycles. The third kappa shape index (κ3) is 2.35. The fourth-order valence-corrected chi connectivity index (χ4v) is 2.44. The molecule has 2 heterocycles. The van der Waals surface area contributed by atoms with Crippen LogP contribution >= 0.6 is 0 Å². The van der Waals surface area contributed by atoms with Crippen molar-refractivity contribution < 1.29 is 4.79 Å². The van der Waals surface area contributed by atoms with Gasteiger partial charge in [-0.15, -0.1) is 0 Å². The summed E-state index contributed by atoms with van der Waals surface area (Å²) in [6.07, 6.45) is 4.57. The summed E-state index contributed by atoms with van der Waals surface area (Å²) in [6, 6.07) is 14.4. The van der Waals surface area contributed by atoms with Crippen LogP contribution in [-0.2, 0) is 12.8 Å². The minimum Gasteiger partial charge on any atom is -0.303 e. The van der Waals surface area contributed by atoms with Gasteiger partial charge in [0.1, 0.15) is 11.5 Å². The Morgan fingerprint density at radius 3 is 2.70 bits per heavy atom. The number of nitrogens with zero attached hydrogens (tertiary/aromatic N) is 2. The molecule has 100 valence electrons. The summed E-state index contributed by atoms with van der Waals surface area (Å²) in [5.74, 6) is 0.936. The molecule has 0 atom stereocenters. The minimum atomic E-state index is 0.525. The van der Waals surface area contributed by atoms with Crippen molar-refractivity contribution in [2.24, 2.45) is 0 Å². The zero-order valence-electron chi connectivity index (χ0n) is 11.4. The van der Waals surface area contributed by atoms with Gasteiger partial charge >= 0.3 is 0 Å². The lowest BCUT2D eigenvalue weighted by atomic mass is 10.1. The fraction of sp³-hybridized carbons (Fsp3) is 0.176. The van der Waals surface area contributed by atoms with E-state index in [9.17, 15) is 4.79 Å². The second kappa shape index (κ2) is 5.29. The lowest BCUT2D eigenvalue weighted by molar-refractivity contribution is 0.112. The monoisotopic (exact) mass is 264 g/mol. The molecule has 1 aromatic carbocycles. The first-order chi connectivity index (χ1) is 9.78. The largest absolute Gasteiger partial charge is 0.303 e. The molecule has 3 aromatic rings. The van der Waals surface area contributed by atoms with Crippen molar-refractivity contribution in [3.63, 3.8) is 0 Å². The van der Waals surface area contributed by atoms with E-state index in [1.165, 1.54) is 5.56 Å². The Morgan fingerprint density at radius 1 is 1.15 bits per heavy atom. The number of hydrogen-bond acceptors (Lipinski definition) is 2. The number of carbonyl (C=O) groups is 1. The normalized spacial score (nSPS) is 10.8. The zero-order valence-corrected chi connectivity index (χ0v) is 11.4. The van der Waals surface area contributed by atoms with Crippen LogP contribution in [0.1, 0.15) is 27.4 Å². The van der Waals surface area contributed by atoms with Crippen molar-refractivity contribution in [1.82, 2.24) is 9.38 Å². The summed E-state index contributed by atoms with van der Waals surface area (Å²) in [4.78, 5) is 15.6. The fourth-order valence-electron chi connectivity index (χ4n) is 2.44. The van der Waals surface area contributed by atoms with E-state index >= 15 is 0 Å². The SMILES string of the molecule is Cc1ccn2c(CCc3ccccc3)nc(C=O)c2c1. The predicted molar refractivity (Wildman–Crippen MR) is 79.2 cm³/mol. The van der Waals surface area contributed by atoms with Gasteiger partial charge in [-0.3, -0.25) is 4.79 Å². The van der Waals surface area contributed by atoms with Gasteiger partial charge in [-0.25, -0.2) is 4.98 Å². The molecule has 0 aliphatic heterocycles. The summed E-state index contributed by atoms with van der Waals surface area (Å²) in [5.41, 5.74) is 3.83. The molecule has 0 aliphatic rings. The van der Waals surface area contributed by atoms with E-state index < -0.39 is 0 Å². The second-order valence-electron chi connectivity index (χ2n) is 4.98. The van der Waals surface area contributed by atoms with Gasteiger partial charge in [0.05, 0.1) is 5.52 Å². The first-order valence-corrected chi connectivity index (χ1v) is 6.74. The Kier molecular flexibility index (Phi) is 3.33. The molecule has 2 aromatic heterocycles. The van der Waals surface area contributed by atoms with Gasteiger partial charge in [0.15, 0.2) is 6.29 Å². The average Bonchev–Trinajstić information content (AvgIpc) is 2.83. The molecule has 3 rings (SSSR count). The Morgan fingerprint density at radius 2 is 1.95 bits per heavy atom. The van der Waals surface area contributed by atoms with Gasteiger partial charge in [-0.1, -0.05) is 30.3 Å². The van der Waals surface area contributed by atoms with Crippen LogP contribution in [0.4, 0.5) is 0 Å². The van der Waals surface area contributed by atoms with Crippen LogP contribution < -0.4 is 0 Å². The molecule has 0 spiro atoms. The summed E-state index contributed by atoms with van der Waals surface area (Å²) in [7, 11) is 0. The van der Waals surface area contributed by atoms with Crippen LogP contribution in [0.5, 0.6) is 0 Å². The molecule has 20 heavy (non-hydrogen) atoms. The number of aromatic nitrogens is 2. The van der Waals surface area contributed by atoms with E-state index in [4.69, 9.17) is 0 Å². The Hall–Kier alpha value is -2.42. The van der Waals surface area contributed by atoms with Crippen molar-refractivity contribution in [2.45, 2.75) is 19.8 Å². The maximum Gasteiger partial charge on any atom is 0.170 e. The minimum absolute atomic E-state index is 0.525. The molecule has 0 N–H and O–H groups in total. The summed E-state index contributed by atoms with van der Waals surface area (Å²) < 4.78 is 2.01. The van der Waals surface area contributed by atoms with Gasteiger partial charge in [-0.2, -0.15) is 0 Å². The zero-order chi connectivity index (χ0) is 13.9. The van der Waals surface area contributed by atoms with E-state index in [0.717, 1.165) is 36.0 Å². The van der Waals surface area contributed by atoms with Crippen LogP contribution in [0.15, 0.2) is 48.7 Å². The van der Waals surface area contributed by atoms with Crippen molar-refractivity contribution in [2.75, 3.05) is 0 Å². The average molecular weight is 264 g/mol. The van der Waals surface area contributed by atoms with E-state index in [-0.39, 0.29) is 0 Å². The number of aryl methyl sites for hydroxylation is 3. The Labute approximate surface area is 117 Å². The number of hydrogen-bond donors (Lipinski definition) is 0. The molecule has 3 nitrogen and oxygen atoms in total. The highest BCUT2D eigenvalue weighted by Crippen LogP contribution is 2.15. The third-order valence-corrected chi connectivity index (χ3v) is 3.49. The summed E-state index contributed by atoms with van der Waals surface area (Å²) in [5, 5.41) is 0. The molecule has 0 radical (unpaired) electrons. The van der Waals surface area contributed by atoms with Gasteiger partial charge in [0, 0.05) is 12.6 Å². The van der Waals surface area contributed by atoms with E-state index in [2.05, 4.69) is 17.1 Å². The number of pyridine rings is 1. The van der Waals surface area contributed by atoms with Crippen molar-refractivity contribution in [1.29, 1.82) is 0 Å². The highest BCUT2D eigenvalue weighted by molar-refractivity contribution is 5.84. The van der Waals surface area contributed by atoms with Gasteiger partial charge < -0.3 is 4.40 Å². The molecule has 0 fully saturated rings. The molecule has 0 bridgehead atoms. The number of fused-ring (bicyclic) bond motifs is 1. The van der Waals surface area contributed by atoms with Crippen molar-refractivity contribution in [3.8, 4) is 0 Å². The highest BCUT2D eigenvalue weighted by atomic mass is 16.1. The number of rotatable bonds is 4. The van der Waals surface area contributed by atoms with Gasteiger partial charge in [0.25, 0.3) is 0 Å². The standard InChI is InChI=1S/C17H16N2O/c1-13-9-10-19-16(11-13)15(12-20)18-17(19)8-7-14-5-3-2-4-6-14/h2-6,9-12H,7-8H2,1H3. The molecule has 0 saturated heterocycles. The third-order valence-electron chi connectivity index (χ3n) is 3.49. The van der Waals surface area contributed by atoms with Crippen LogP contribution in [-0.4, -0.2) is 15.7 Å². The lowest BCUT2D eigenvalue weighted by Gasteiger charge is -2.02. The van der Waals surface area contributed by atoms with Crippen LogP contribution in [0.2, 0.25) is 0 Å². The van der Waals surface area contributed by atoms with Gasteiger partial charge in [0.2, 0.25) is 0 Å². The molecule has 0 amide bonds. The highest BCUT2D eigenvalue weighted by Gasteiger charge is 2.10. The Bertz CT molecular complexity index is 744. The lowest BCUT2D eigenvalue weighted by Crippen LogP contribution is -1.98. The first kappa shape index (κ1) is 12.6. The molecule has 0 unspecified atom stereocenters. The molecule has 3 heteroatoms. The maximum atomic E-state index is 11.1. The first-order valence-electron chi connectivity index (χ1n) is 6.74. The van der Waals surface area contributed by atoms with Crippen molar-refractivity contribution >= 4 is 11.8 Å². The van der Waals surface area contributed by atoms with Crippen LogP contribution in [0, 0.1) is 6.92 Å². The van der Waals surface area contributed by atoms with E-state index in [0.29, 0.717) is 5.69 Å². The quantitative estimate of drug-likeness (QED) is 0.678. The summed E-state index contributed by atoms with van der Waals surface area (Å²) in [6.45, 7) is 2.02. The Balaban J connectivity index is 1.94. The maximum absolute atomic E-state index is 11.1. The molecular formula is C17H16N2O. The van der Waals surface area contributed by atoms with E-state index in [1.54, 1.807) is 0 Å². The van der Waals surface area contributed by atoms with Crippen LogP contribution in [0.25, 0.3) is 5.52 Å². The topological polar surface area (TPSA) is 34.4 Å². The van der Waals surface area contributed by atoms with Crippen molar-refractivity contribution in [3.05, 3.63) is 71.3 Å². The number of carbonyl (C=O) groups excluding carboxylic acids is 1. The van der Waals surface area contributed by atoms with E-state index in [1.807, 2.05) is 47.9 Å². The number of imidazole rings is 1. The number of benzene rings is 1. The summed E-state index contributed by atoms with van der Waals surface area (Å²) >= 11 is 0. The number of aldehydes is 1. The smallest absolute Gasteiger partial charge is 0.170 e. The molecular weight excluding hydrogens is 248 g/mol. The van der Waals surface area contributed by atoms with Crippen LogP contribution in [0.3, 0.4) is 0 Å². The molecule has 0 saturated carbocycles.